The molecule has 1 heterocycles. The van der Waals surface area contributed by atoms with Crippen molar-refractivity contribution in [2.45, 2.75) is 6.92 Å². The van der Waals surface area contributed by atoms with Gasteiger partial charge in [0, 0.05) is 15.8 Å². The Morgan fingerprint density at radius 1 is 1.17 bits per heavy atom. The van der Waals surface area contributed by atoms with E-state index in [1.165, 1.54) is 29.5 Å². The van der Waals surface area contributed by atoms with Gasteiger partial charge >= 0.3 is 5.97 Å². The lowest BCUT2D eigenvalue weighted by atomic mass is 10.2. The van der Waals surface area contributed by atoms with Crippen LogP contribution in [0.1, 0.15) is 15.2 Å². The number of ether oxygens (including phenoxy) is 1. The van der Waals surface area contributed by atoms with E-state index in [1.54, 1.807) is 13.0 Å². The van der Waals surface area contributed by atoms with Gasteiger partial charge in [0.25, 0.3) is 11.8 Å². The smallest absolute Gasteiger partial charge is 0.325 e. The third-order valence-corrected chi connectivity index (χ3v) is 5.63. The molecule has 2 aromatic carbocycles. The summed E-state index contributed by atoms with van der Waals surface area (Å²) in [5.74, 6) is -2.38. The van der Waals surface area contributed by atoms with Gasteiger partial charge in [0.1, 0.15) is 17.2 Å². The minimum atomic E-state index is -0.791. The van der Waals surface area contributed by atoms with Gasteiger partial charge in [0.05, 0.1) is 5.02 Å². The van der Waals surface area contributed by atoms with Crippen LogP contribution in [0.4, 0.5) is 10.1 Å². The molecule has 150 valence electrons. The molecule has 0 spiro atoms. The Kier molecular flexibility index (Phi) is 6.46. The first kappa shape index (κ1) is 20.8. The fourth-order valence-electron chi connectivity index (χ4n) is 2.46. The largest absolute Gasteiger partial charge is 0.454 e. The van der Waals surface area contributed by atoms with Crippen LogP contribution in [0, 0.1) is 12.7 Å². The number of rotatable bonds is 6. The Morgan fingerprint density at radius 3 is 2.66 bits per heavy atom. The van der Waals surface area contributed by atoms with Crippen LogP contribution in [0.2, 0.25) is 5.02 Å². The first-order chi connectivity index (χ1) is 13.8. The zero-order valence-corrected chi connectivity index (χ0v) is 16.8. The summed E-state index contributed by atoms with van der Waals surface area (Å²) >= 11 is 7.44. The zero-order valence-electron chi connectivity index (χ0n) is 15.3. The highest BCUT2D eigenvalue weighted by atomic mass is 35.5. The van der Waals surface area contributed by atoms with Gasteiger partial charge in [0.15, 0.2) is 6.61 Å². The van der Waals surface area contributed by atoms with Gasteiger partial charge in [-0.15, -0.1) is 11.3 Å². The van der Waals surface area contributed by atoms with Crippen molar-refractivity contribution in [3.8, 4) is 0 Å². The second-order valence-electron chi connectivity index (χ2n) is 6.10. The number of thiophene rings is 1. The van der Waals surface area contributed by atoms with E-state index in [0.29, 0.717) is 15.5 Å². The van der Waals surface area contributed by atoms with Gasteiger partial charge in [-0.05, 0) is 30.7 Å². The van der Waals surface area contributed by atoms with E-state index in [-0.39, 0.29) is 5.69 Å². The minimum absolute atomic E-state index is 0.252. The molecule has 0 atom stereocenters. The summed E-state index contributed by atoms with van der Waals surface area (Å²) in [4.78, 5) is 36.1. The van der Waals surface area contributed by atoms with Crippen molar-refractivity contribution >= 4 is 56.5 Å². The molecule has 6 nitrogen and oxygen atoms in total. The van der Waals surface area contributed by atoms with Gasteiger partial charge in [0.2, 0.25) is 0 Å². The Labute approximate surface area is 174 Å². The summed E-state index contributed by atoms with van der Waals surface area (Å²) in [7, 11) is 0. The zero-order chi connectivity index (χ0) is 21.0. The van der Waals surface area contributed by atoms with Gasteiger partial charge in [-0.3, -0.25) is 14.4 Å². The molecule has 0 radical (unpaired) electrons. The third-order valence-electron chi connectivity index (χ3n) is 3.95. The molecule has 9 heteroatoms. The van der Waals surface area contributed by atoms with Crippen molar-refractivity contribution in [1.29, 1.82) is 0 Å². The average molecular weight is 435 g/mol. The fourth-order valence-corrected chi connectivity index (χ4v) is 3.89. The number of anilines is 1. The van der Waals surface area contributed by atoms with E-state index in [1.807, 2.05) is 18.2 Å². The predicted molar refractivity (Wildman–Crippen MR) is 110 cm³/mol. The van der Waals surface area contributed by atoms with E-state index in [9.17, 15) is 18.8 Å². The summed E-state index contributed by atoms with van der Waals surface area (Å²) in [6, 6.07) is 11.5. The molecule has 2 N–H and O–H groups in total. The van der Waals surface area contributed by atoms with E-state index in [2.05, 4.69) is 10.6 Å². The second-order valence-corrected chi connectivity index (χ2v) is 7.53. The van der Waals surface area contributed by atoms with Gasteiger partial charge in [-0.1, -0.05) is 35.9 Å². The quantitative estimate of drug-likeness (QED) is 0.576. The van der Waals surface area contributed by atoms with E-state index in [4.69, 9.17) is 16.3 Å². The normalized spacial score (nSPS) is 10.6. The summed E-state index contributed by atoms with van der Waals surface area (Å²) in [6.45, 7) is 0.618. The Balaban J connectivity index is 1.47. The maximum Gasteiger partial charge on any atom is 0.325 e. The highest BCUT2D eigenvalue weighted by Crippen LogP contribution is 2.34. The highest BCUT2D eigenvalue weighted by Gasteiger charge is 2.18. The summed E-state index contributed by atoms with van der Waals surface area (Å²) < 4.78 is 19.1. The lowest BCUT2D eigenvalue weighted by Gasteiger charge is -2.08. The van der Waals surface area contributed by atoms with Crippen molar-refractivity contribution in [2.24, 2.45) is 0 Å². The molecule has 0 saturated heterocycles. The van der Waals surface area contributed by atoms with E-state index in [0.717, 1.165) is 10.1 Å². The highest BCUT2D eigenvalue weighted by molar-refractivity contribution is 7.21. The van der Waals surface area contributed by atoms with Gasteiger partial charge in [-0.25, -0.2) is 4.39 Å². The van der Waals surface area contributed by atoms with Crippen LogP contribution < -0.4 is 10.6 Å². The first-order valence-electron chi connectivity index (χ1n) is 8.52. The number of amides is 2. The molecule has 0 unspecified atom stereocenters. The molecule has 0 aliphatic heterocycles. The van der Waals surface area contributed by atoms with Crippen molar-refractivity contribution < 1.29 is 23.5 Å². The molecule has 0 aliphatic rings. The van der Waals surface area contributed by atoms with Crippen LogP contribution >= 0.6 is 22.9 Å². The van der Waals surface area contributed by atoms with Gasteiger partial charge < -0.3 is 15.4 Å². The summed E-state index contributed by atoms with van der Waals surface area (Å²) in [6.07, 6.45) is 0. The number of halogens is 2. The topological polar surface area (TPSA) is 84.5 Å². The molecule has 1 aromatic heterocycles. The molecule has 0 saturated carbocycles. The number of hydrogen-bond acceptors (Lipinski definition) is 5. The Morgan fingerprint density at radius 2 is 1.93 bits per heavy atom. The van der Waals surface area contributed by atoms with Crippen LogP contribution in [-0.4, -0.2) is 30.9 Å². The molecule has 0 bridgehead atoms. The summed E-state index contributed by atoms with van der Waals surface area (Å²) in [5, 5.41) is 5.92. The molecule has 0 aliphatic carbocycles. The first-order valence-corrected chi connectivity index (χ1v) is 9.71. The number of hydrogen-bond donors (Lipinski definition) is 2. The van der Waals surface area contributed by atoms with Crippen molar-refractivity contribution in [3.63, 3.8) is 0 Å². The lowest BCUT2D eigenvalue weighted by molar-refractivity contribution is -0.146. The van der Waals surface area contributed by atoms with Crippen molar-refractivity contribution in [2.75, 3.05) is 18.5 Å². The second kappa shape index (κ2) is 9.02. The van der Waals surface area contributed by atoms with E-state index < -0.39 is 36.8 Å². The van der Waals surface area contributed by atoms with Crippen LogP contribution in [0.15, 0.2) is 42.5 Å². The van der Waals surface area contributed by atoms with Crippen LogP contribution in [0.25, 0.3) is 10.1 Å². The Bertz CT molecular complexity index is 1100. The standard InChI is InChI=1S/C20H16ClFN2O4S/c1-11-6-7-12(8-14(11)22)24-16(25)10-28-17(26)9-23-20(27)19-18(21)13-4-2-3-5-15(13)29-19/h2-8H,9-10H2,1H3,(H,23,27)(H,24,25). The van der Waals surface area contributed by atoms with Crippen LogP contribution in [0.5, 0.6) is 0 Å². The number of aryl methyl sites for hydroxylation is 1. The third kappa shape index (κ3) is 5.10. The predicted octanol–water partition coefficient (Wildman–Crippen LogP) is 3.91. The molecule has 2 amide bonds. The van der Waals surface area contributed by atoms with Crippen LogP contribution in [0.3, 0.4) is 0 Å². The number of esters is 1. The van der Waals surface area contributed by atoms with Gasteiger partial charge in [-0.2, -0.15) is 0 Å². The van der Waals surface area contributed by atoms with Crippen LogP contribution in [-0.2, 0) is 14.3 Å². The molecular formula is C20H16ClFN2O4S. The van der Waals surface area contributed by atoms with Crippen molar-refractivity contribution in [3.05, 3.63) is 63.7 Å². The van der Waals surface area contributed by atoms with E-state index >= 15 is 0 Å². The average Bonchev–Trinajstić information content (AvgIpc) is 3.04. The number of fused-ring (bicyclic) bond motifs is 1. The number of carbonyl (C=O) groups is 3. The molecule has 3 aromatic rings. The monoisotopic (exact) mass is 434 g/mol. The number of nitrogens with one attached hydrogen (secondary N) is 2. The molecule has 29 heavy (non-hydrogen) atoms. The summed E-state index contributed by atoms with van der Waals surface area (Å²) in [5.41, 5.74) is 0.700. The molecular weight excluding hydrogens is 419 g/mol. The minimum Gasteiger partial charge on any atom is -0.454 e. The SMILES string of the molecule is Cc1ccc(NC(=O)COC(=O)CNC(=O)c2sc3ccccc3c2Cl)cc1F. The number of benzene rings is 2. The van der Waals surface area contributed by atoms with Crippen molar-refractivity contribution in [1.82, 2.24) is 5.32 Å². The lowest BCUT2D eigenvalue weighted by Crippen LogP contribution is -2.32. The maximum atomic E-state index is 13.5. The number of carbonyl (C=O) groups excluding carboxylic acids is 3. The molecule has 0 fully saturated rings. The Hall–Kier alpha value is -2.97. The molecule has 3 rings (SSSR count). The maximum absolute atomic E-state index is 13.5. The fraction of sp³-hybridized carbons (Fsp3) is 0.150.